The Morgan fingerprint density at radius 1 is 1.67 bits per heavy atom. The van der Waals surface area contributed by atoms with Crippen LogP contribution in [0.1, 0.15) is 6.92 Å². The molecule has 1 unspecified atom stereocenters. The van der Waals surface area contributed by atoms with Crippen LogP contribution in [0.5, 0.6) is 6.01 Å². The molecule has 3 rings (SSSR count). The van der Waals surface area contributed by atoms with Gasteiger partial charge in [0.15, 0.2) is 0 Å². The molecule has 2 aromatic heterocycles. The molecule has 0 N–H and O–H groups in total. The van der Waals surface area contributed by atoms with E-state index in [2.05, 4.69) is 9.97 Å². The summed E-state index contributed by atoms with van der Waals surface area (Å²) >= 11 is 0. The molecule has 0 saturated carbocycles. The second kappa shape index (κ2) is 3.56. The summed E-state index contributed by atoms with van der Waals surface area (Å²) in [5, 5.41) is 10.6. The van der Waals surface area contributed by atoms with Crippen LogP contribution in [0.2, 0.25) is 0 Å². The van der Waals surface area contributed by atoms with E-state index in [1.165, 1.54) is 6.20 Å². The van der Waals surface area contributed by atoms with Gasteiger partial charge in [0.05, 0.1) is 19.4 Å². The molecule has 0 aliphatic carbocycles. The molecule has 0 amide bonds. The van der Waals surface area contributed by atoms with Gasteiger partial charge in [-0.2, -0.15) is 0 Å². The number of fused-ring (bicyclic) bond motifs is 1. The van der Waals surface area contributed by atoms with Gasteiger partial charge >= 0.3 is 11.8 Å². The van der Waals surface area contributed by atoms with Crippen molar-refractivity contribution in [3.8, 4) is 6.01 Å². The van der Waals surface area contributed by atoms with Crippen molar-refractivity contribution in [2.24, 2.45) is 0 Å². The summed E-state index contributed by atoms with van der Waals surface area (Å²) in [7, 11) is 0. The Balaban J connectivity index is 1.80. The minimum Gasteiger partial charge on any atom is -0.436 e. The largest absolute Gasteiger partial charge is 0.436 e. The first-order valence-electron chi connectivity index (χ1n) is 5.42. The van der Waals surface area contributed by atoms with E-state index in [9.17, 15) is 10.1 Å². The Morgan fingerprint density at radius 3 is 3.11 bits per heavy atom. The highest BCUT2D eigenvalue weighted by molar-refractivity contribution is 5.23. The third-order valence-corrected chi connectivity index (χ3v) is 2.83. The summed E-state index contributed by atoms with van der Waals surface area (Å²) in [6.45, 7) is 3.08. The van der Waals surface area contributed by atoms with E-state index >= 15 is 0 Å². The van der Waals surface area contributed by atoms with Gasteiger partial charge in [0.1, 0.15) is 11.8 Å². The predicted octanol–water partition coefficient (Wildman–Crippen LogP) is 0.839. The normalized spacial score (nSPS) is 21.6. The summed E-state index contributed by atoms with van der Waals surface area (Å²) in [5.74, 6) is -0.185. The topological polar surface area (TPSA) is 88.0 Å². The molecule has 1 aliphatic rings. The van der Waals surface area contributed by atoms with Crippen molar-refractivity contribution in [1.29, 1.82) is 0 Å². The van der Waals surface area contributed by atoms with Gasteiger partial charge in [-0.25, -0.2) is 4.98 Å². The smallest absolute Gasteiger partial charge is 0.415 e. The molecule has 0 radical (unpaired) electrons. The number of imidazole rings is 2. The van der Waals surface area contributed by atoms with Crippen LogP contribution >= 0.6 is 0 Å². The van der Waals surface area contributed by atoms with Crippen LogP contribution < -0.4 is 4.74 Å². The Bertz CT molecular complexity index is 565. The maximum atomic E-state index is 10.6. The lowest BCUT2D eigenvalue weighted by Crippen LogP contribution is -2.36. The molecule has 8 heteroatoms. The Labute approximate surface area is 102 Å². The quantitative estimate of drug-likeness (QED) is 0.594. The molecule has 0 saturated heterocycles. The molecule has 2 aromatic rings. The first-order valence-corrected chi connectivity index (χ1v) is 5.42. The second-order valence-corrected chi connectivity index (χ2v) is 4.55. The zero-order chi connectivity index (χ0) is 12.8. The van der Waals surface area contributed by atoms with Crippen LogP contribution in [0.4, 0.5) is 5.82 Å². The standard InChI is InChI=1S/C10H11N5O3/c1-10(5-13-3-2-11-7-13)6-14-4-8(15(16)17)12-9(14)18-10/h2-4,7H,5-6H2,1H3. The number of ether oxygens (including phenoxy) is 1. The van der Waals surface area contributed by atoms with Crippen molar-refractivity contribution >= 4 is 5.82 Å². The van der Waals surface area contributed by atoms with Crippen molar-refractivity contribution < 1.29 is 9.66 Å². The van der Waals surface area contributed by atoms with Gasteiger partial charge in [-0.3, -0.25) is 4.57 Å². The van der Waals surface area contributed by atoms with Crippen LogP contribution in [0.15, 0.2) is 24.9 Å². The third-order valence-electron chi connectivity index (χ3n) is 2.83. The van der Waals surface area contributed by atoms with E-state index in [1.54, 1.807) is 17.1 Å². The fourth-order valence-electron chi connectivity index (χ4n) is 2.13. The van der Waals surface area contributed by atoms with E-state index in [0.29, 0.717) is 19.1 Å². The lowest BCUT2D eigenvalue weighted by molar-refractivity contribution is -0.389. The van der Waals surface area contributed by atoms with E-state index in [4.69, 9.17) is 4.74 Å². The minimum atomic E-state index is -0.526. The Morgan fingerprint density at radius 2 is 2.50 bits per heavy atom. The number of nitrogens with zero attached hydrogens (tertiary/aromatic N) is 5. The van der Waals surface area contributed by atoms with Crippen LogP contribution in [0.3, 0.4) is 0 Å². The van der Waals surface area contributed by atoms with Gasteiger partial charge in [0, 0.05) is 17.4 Å². The maximum absolute atomic E-state index is 10.6. The van der Waals surface area contributed by atoms with Crippen LogP contribution in [0.25, 0.3) is 0 Å². The highest BCUT2D eigenvalue weighted by Gasteiger charge is 2.40. The molecule has 0 spiro atoms. The number of hydrogen-bond acceptors (Lipinski definition) is 5. The monoisotopic (exact) mass is 249 g/mol. The van der Waals surface area contributed by atoms with Crippen molar-refractivity contribution in [3.05, 3.63) is 35.0 Å². The molecule has 3 heterocycles. The van der Waals surface area contributed by atoms with Gasteiger partial charge in [-0.1, -0.05) is 0 Å². The molecule has 94 valence electrons. The highest BCUT2D eigenvalue weighted by atomic mass is 16.6. The Hall–Kier alpha value is -2.38. The average molecular weight is 249 g/mol. The zero-order valence-electron chi connectivity index (χ0n) is 9.68. The second-order valence-electron chi connectivity index (χ2n) is 4.55. The lowest BCUT2D eigenvalue weighted by Gasteiger charge is -2.21. The molecule has 8 nitrogen and oxygen atoms in total. The summed E-state index contributed by atoms with van der Waals surface area (Å²) < 4.78 is 9.26. The summed E-state index contributed by atoms with van der Waals surface area (Å²) in [4.78, 5) is 17.9. The number of aromatic nitrogens is 4. The predicted molar refractivity (Wildman–Crippen MR) is 60.1 cm³/mol. The summed E-state index contributed by atoms with van der Waals surface area (Å²) in [6.07, 6.45) is 6.65. The molecular formula is C10H11N5O3. The van der Waals surface area contributed by atoms with Crippen LogP contribution in [-0.4, -0.2) is 29.6 Å². The van der Waals surface area contributed by atoms with E-state index in [1.807, 2.05) is 17.7 Å². The van der Waals surface area contributed by atoms with Gasteiger partial charge < -0.3 is 19.4 Å². The first kappa shape index (κ1) is 10.8. The van der Waals surface area contributed by atoms with E-state index < -0.39 is 10.5 Å². The van der Waals surface area contributed by atoms with Crippen molar-refractivity contribution in [3.63, 3.8) is 0 Å². The molecule has 0 fully saturated rings. The van der Waals surface area contributed by atoms with E-state index in [0.717, 1.165) is 0 Å². The van der Waals surface area contributed by atoms with Crippen molar-refractivity contribution in [2.45, 2.75) is 25.6 Å². The van der Waals surface area contributed by atoms with Crippen LogP contribution in [0, 0.1) is 10.1 Å². The third kappa shape index (κ3) is 1.71. The van der Waals surface area contributed by atoms with Gasteiger partial charge in [-0.15, -0.1) is 0 Å². The zero-order valence-corrected chi connectivity index (χ0v) is 9.68. The van der Waals surface area contributed by atoms with Crippen molar-refractivity contribution in [1.82, 2.24) is 19.1 Å². The molecule has 0 aromatic carbocycles. The number of nitro groups is 1. The SMILES string of the molecule is CC1(Cn2ccnc2)Cn2cc([N+](=O)[O-])nc2O1. The van der Waals surface area contributed by atoms with Gasteiger partial charge in [-0.05, 0) is 11.8 Å². The van der Waals surface area contributed by atoms with Crippen molar-refractivity contribution in [2.75, 3.05) is 0 Å². The first-order chi connectivity index (χ1) is 8.56. The lowest BCUT2D eigenvalue weighted by atomic mass is 10.1. The van der Waals surface area contributed by atoms with Gasteiger partial charge in [0.25, 0.3) is 0 Å². The maximum Gasteiger partial charge on any atom is 0.415 e. The number of rotatable bonds is 3. The molecule has 1 aliphatic heterocycles. The fraction of sp³-hybridized carbons (Fsp3) is 0.400. The summed E-state index contributed by atoms with van der Waals surface area (Å²) in [6, 6.07) is 0.296. The average Bonchev–Trinajstić information content (AvgIpc) is 2.92. The highest BCUT2D eigenvalue weighted by Crippen LogP contribution is 2.31. The molecular weight excluding hydrogens is 238 g/mol. The van der Waals surface area contributed by atoms with Gasteiger partial charge in [0.2, 0.25) is 0 Å². The number of hydrogen-bond donors (Lipinski definition) is 0. The summed E-state index contributed by atoms with van der Waals surface area (Å²) in [5.41, 5.74) is -0.460. The molecule has 18 heavy (non-hydrogen) atoms. The van der Waals surface area contributed by atoms with E-state index in [-0.39, 0.29) is 5.82 Å². The fourth-order valence-corrected chi connectivity index (χ4v) is 2.13. The minimum absolute atomic E-state index is 0.185. The Kier molecular flexibility index (Phi) is 2.12. The molecule has 1 atom stereocenters. The molecule has 0 bridgehead atoms. The van der Waals surface area contributed by atoms with Crippen LogP contribution in [-0.2, 0) is 13.1 Å².